The highest BCUT2D eigenvalue weighted by Crippen LogP contribution is 2.48. The molecule has 12 heteroatoms. The van der Waals surface area contributed by atoms with E-state index in [9.17, 15) is 18.0 Å². The molecule has 184 valence electrons. The maximum atomic E-state index is 13.3. The van der Waals surface area contributed by atoms with Crippen LogP contribution in [0.5, 0.6) is 0 Å². The van der Waals surface area contributed by atoms with Crippen LogP contribution in [0.15, 0.2) is 16.2 Å². The van der Waals surface area contributed by atoms with E-state index >= 15 is 0 Å². The number of carbonyl (C=O) groups excluding carboxylic acids is 1. The lowest BCUT2D eigenvalue weighted by atomic mass is 9.86. The van der Waals surface area contributed by atoms with Gasteiger partial charge in [0.25, 0.3) is 11.8 Å². The van der Waals surface area contributed by atoms with E-state index in [2.05, 4.69) is 15.5 Å². The molecule has 0 spiro atoms. The third-order valence-corrected chi connectivity index (χ3v) is 7.31. The Bertz CT molecular complexity index is 1100. The second-order valence-corrected chi connectivity index (χ2v) is 9.74. The highest BCUT2D eigenvalue weighted by molar-refractivity contribution is 7.17. The molecule has 3 aliphatic rings. The quantitative estimate of drug-likeness (QED) is 0.471. The molecule has 2 aromatic heterocycles. The minimum atomic E-state index is -4.22. The summed E-state index contributed by atoms with van der Waals surface area (Å²) >= 11 is 1.22. The maximum Gasteiger partial charge on any atom is 0.503 e. The number of anilines is 1. The van der Waals surface area contributed by atoms with Crippen LogP contribution in [0.1, 0.15) is 67.1 Å². The molecular formula is C22H24F3N3O5S. The number of nitrogens with one attached hydrogen (secondary N) is 1. The Morgan fingerprint density at radius 1 is 1.15 bits per heavy atom. The monoisotopic (exact) mass is 499 g/mol. The predicted octanol–water partition coefficient (Wildman–Crippen LogP) is 6.00. The summed E-state index contributed by atoms with van der Waals surface area (Å²) in [6.45, 7) is 0. The van der Waals surface area contributed by atoms with Gasteiger partial charge in [-0.25, -0.2) is 4.79 Å². The van der Waals surface area contributed by atoms with E-state index in [1.165, 1.54) is 11.3 Å². The SMILES string of the molecule is O=C(Nc1sc2c(c1-c1nc(C3CC3)no1)CCC(C(F)(F)F)C2)C1=CCCCC1.O=C(O)O. The first-order valence-electron chi connectivity index (χ1n) is 11.1. The number of carboxylic acid groups (broad SMARTS) is 2. The third kappa shape index (κ3) is 5.60. The molecule has 1 unspecified atom stereocenters. The van der Waals surface area contributed by atoms with Crippen molar-refractivity contribution in [2.45, 2.75) is 69.9 Å². The fourth-order valence-electron chi connectivity index (χ4n) is 4.25. The zero-order valence-electron chi connectivity index (χ0n) is 18.2. The molecule has 1 saturated carbocycles. The number of hydrogen-bond acceptors (Lipinski definition) is 6. The van der Waals surface area contributed by atoms with Gasteiger partial charge in [0, 0.05) is 16.4 Å². The van der Waals surface area contributed by atoms with E-state index in [4.69, 9.17) is 19.5 Å². The average molecular weight is 500 g/mol. The van der Waals surface area contributed by atoms with Crippen LogP contribution in [0.4, 0.5) is 23.0 Å². The second-order valence-electron chi connectivity index (χ2n) is 8.63. The van der Waals surface area contributed by atoms with Crippen molar-refractivity contribution in [2.24, 2.45) is 5.92 Å². The molecule has 0 saturated heterocycles. The Balaban J connectivity index is 0.000000636. The number of aromatic nitrogens is 2. The van der Waals surface area contributed by atoms with E-state index in [-0.39, 0.29) is 25.2 Å². The molecular weight excluding hydrogens is 475 g/mol. The van der Waals surface area contributed by atoms with Gasteiger partial charge in [0.05, 0.1) is 11.5 Å². The van der Waals surface area contributed by atoms with E-state index in [1.807, 2.05) is 6.08 Å². The summed E-state index contributed by atoms with van der Waals surface area (Å²) < 4.78 is 45.4. The standard InChI is InChI=1S/C21H22F3N3O2S.CH2O3/c22-21(23,24)13-8-9-14-15(10-13)30-20(26-18(28)12-4-2-1-3-5-12)16(14)19-25-17(27-29-19)11-6-7-11;2-1(3)4/h4,11,13H,1-3,5-10H2,(H,26,28);(H2,2,3,4). The summed E-state index contributed by atoms with van der Waals surface area (Å²) in [6, 6.07) is 0. The van der Waals surface area contributed by atoms with E-state index in [0.29, 0.717) is 33.1 Å². The van der Waals surface area contributed by atoms with Crippen LogP contribution in [0.2, 0.25) is 0 Å². The van der Waals surface area contributed by atoms with E-state index in [0.717, 1.165) is 49.7 Å². The third-order valence-electron chi connectivity index (χ3n) is 6.14. The Labute approximate surface area is 196 Å². The van der Waals surface area contributed by atoms with Gasteiger partial charge >= 0.3 is 12.3 Å². The van der Waals surface area contributed by atoms with E-state index in [1.54, 1.807) is 0 Å². The molecule has 1 atom stereocenters. The summed E-state index contributed by atoms with van der Waals surface area (Å²) in [4.78, 5) is 26.5. The lowest BCUT2D eigenvalue weighted by Crippen LogP contribution is -2.28. The van der Waals surface area contributed by atoms with Gasteiger partial charge in [0.15, 0.2) is 5.82 Å². The van der Waals surface area contributed by atoms with Crippen molar-refractivity contribution in [1.82, 2.24) is 10.1 Å². The van der Waals surface area contributed by atoms with Crippen molar-refractivity contribution in [3.05, 3.63) is 27.9 Å². The molecule has 3 aliphatic carbocycles. The van der Waals surface area contributed by atoms with Gasteiger partial charge < -0.3 is 20.1 Å². The van der Waals surface area contributed by atoms with Crippen LogP contribution in [-0.4, -0.2) is 38.6 Å². The van der Waals surface area contributed by atoms with Crippen molar-refractivity contribution in [3.8, 4) is 11.5 Å². The number of alkyl halides is 3. The number of allylic oxidation sites excluding steroid dienone is 1. The van der Waals surface area contributed by atoms with Crippen LogP contribution in [-0.2, 0) is 17.6 Å². The first-order chi connectivity index (χ1) is 16.1. The Morgan fingerprint density at radius 2 is 1.88 bits per heavy atom. The topological polar surface area (TPSA) is 126 Å². The molecule has 5 rings (SSSR count). The van der Waals surface area contributed by atoms with Gasteiger partial charge in [-0.15, -0.1) is 11.3 Å². The van der Waals surface area contributed by atoms with Crippen molar-refractivity contribution in [2.75, 3.05) is 5.32 Å². The summed E-state index contributed by atoms with van der Waals surface area (Å²) in [6.07, 6.45) is 1.80. The smallest absolute Gasteiger partial charge is 0.450 e. The van der Waals surface area contributed by atoms with Gasteiger partial charge in [-0.05, 0) is 63.4 Å². The Kier molecular flexibility index (Phi) is 6.96. The van der Waals surface area contributed by atoms with Crippen molar-refractivity contribution in [3.63, 3.8) is 0 Å². The first kappa shape index (κ1) is 24.2. The Morgan fingerprint density at radius 3 is 2.50 bits per heavy atom. The van der Waals surface area contributed by atoms with Crippen LogP contribution in [0.25, 0.3) is 11.5 Å². The number of carbonyl (C=O) groups is 2. The zero-order valence-corrected chi connectivity index (χ0v) is 19.0. The lowest BCUT2D eigenvalue weighted by Gasteiger charge is -2.24. The fraction of sp³-hybridized carbons (Fsp3) is 0.545. The molecule has 0 bridgehead atoms. The number of thiophene rings is 1. The zero-order chi connectivity index (χ0) is 24.5. The fourth-order valence-corrected chi connectivity index (χ4v) is 5.57. The van der Waals surface area contributed by atoms with Gasteiger partial charge in [0.2, 0.25) is 0 Å². The molecule has 8 nitrogen and oxygen atoms in total. The lowest BCUT2D eigenvalue weighted by molar-refractivity contribution is -0.176. The second kappa shape index (κ2) is 9.77. The number of hydrogen-bond donors (Lipinski definition) is 3. The predicted molar refractivity (Wildman–Crippen MR) is 117 cm³/mol. The summed E-state index contributed by atoms with van der Waals surface area (Å²) in [7, 11) is 0. The van der Waals surface area contributed by atoms with Crippen molar-refractivity contribution < 1.29 is 37.5 Å². The number of fused-ring (bicyclic) bond motifs is 1. The minimum Gasteiger partial charge on any atom is -0.450 e. The molecule has 0 aromatic carbocycles. The molecule has 2 heterocycles. The summed E-state index contributed by atoms with van der Waals surface area (Å²) in [5.41, 5.74) is 2.15. The largest absolute Gasteiger partial charge is 0.503 e. The molecule has 0 radical (unpaired) electrons. The van der Waals surface area contributed by atoms with Gasteiger partial charge in [0.1, 0.15) is 5.00 Å². The van der Waals surface area contributed by atoms with Gasteiger partial charge in [-0.3, -0.25) is 4.79 Å². The number of halogens is 3. The summed E-state index contributed by atoms with van der Waals surface area (Å²) in [5, 5.41) is 21.5. The first-order valence-corrected chi connectivity index (χ1v) is 11.9. The normalized spacial score (nSPS) is 20.0. The molecule has 0 aliphatic heterocycles. The number of nitrogens with zero attached hydrogens (tertiary/aromatic N) is 2. The molecule has 1 fully saturated rings. The molecule has 2 aromatic rings. The average Bonchev–Trinajstić information content (AvgIpc) is 3.40. The van der Waals surface area contributed by atoms with Crippen LogP contribution in [0, 0.1) is 5.92 Å². The highest BCUT2D eigenvalue weighted by Gasteiger charge is 2.43. The van der Waals surface area contributed by atoms with Crippen LogP contribution < -0.4 is 5.32 Å². The van der Waals surface area contributed by atoms with Gasteiger partial charge in [-0.2, -0.15) is 18.2 Å². The number of rotatable bonds is 4. The van der Waals surface area contributed by atoms with Crippen molar-refractivity contribution >= 4 is 28.4 Å². The van der Waals surface area contributed by atoms with Crippen LogP contribution >= 0.6 is 11.3 Å². The minimum absolute atomic E-state index is 0.0302. The Hall–Kier alpha value is -2.89. The number of amides is 1. The molecule has 34 heavy (non-hydrogen) atoms. The maximum absolute atomic E-state index is 13.3. The van der Waals surface area contributed by atoms with Gasteiger partial charge in [-0.1, -0.05) is 11.2 Å². The molecule has 3 N–H and O–H groups in total. The van der Waals surface area contributed by atoms with Crippen LogP contribution in [0.3, 0.4) is 0 Å². The summed E-state index contributed by atoms with van der Waals surface area (Å²) in [5.74, 6) is -0.305. The highest BCUT2D eigenvalue weighted by atomic mass is 32.1. The van der Waals surface area contributed by atoms with Crippen molar-refractivity contribution in [1.29, 1.82) is 0 Å². The van der Waals surface area contributed by atoms with E-state index < -0.39 is 18.2 Å². The molecule has 1 amide bonds.